The third-order valence-corrected chi connectivity index (χ3v) is 3.58. The topological polar surface area (TPSA) is 60.2 Å². The molecule has 21 heavy (non-hydrogen) atoms. The molecule has 0 amide bonds. The third-order valence-electron chi connectivity index (χ3n) is 3.28. The van der Waals surface area contributed by atoms with Crippen molar-refractivity contribution in [2.75, 3.05) is 18.2 Å². The summed E-state index contributed by atoms with van der Waals surface area (Å²) in [5.41, 5.74) is 8.51. The number of aromatic nitrogens is 1. The summed E-state index contributed by atoms with van der Waals surface area (Å²) < 4.78 is 5.15. The molecule has 106 valence electrons. The second kappa shape index (κ2) is 5.50. The van der Waals surface area contributed by atoms with Gasteiger partial charge >= 0.3 is 0 Å². The van der Waals surface area contributed by atoms with E-state index in [4.69, 9.17) is 22.1 Å². The van der Waals surface area contributed by atoms with Crippen molar-refractivity contribution in [1.29, 1.82) is 0 Å². The summed E-state index contributed by atoms with van der Waals surface area (Å²) in [6.07, 6.45) is 3.52. The number of benzene rings is 2. The minimum atomic E-state index is 0.556. The summed E-state index contributed by atoms with van der Waals surface area (Å²) >= 11 is 6.14. The highest BCUT2D eigenvalue weighted by atomic mass is 35.5. The number of nitrogens with two attached hydrogens (primary N) is 1. The Morgan fingerprint density at radius 1 is 1.14 bits per heavy atom. The average Bonchev–Trinajstić information content (AvgIpc) is 2.51. The van der Waals surface area contributed by atoms with Gasteiger partial charge in [0.2, 0.25) is 0 Å². The van der Waals surface area contributed by atoms with Crippen molar-refractivity contribution in [2.24, 2.45) is 0 Å². The van der Waals surface area contributed by atoms with Gasteiger partial charge in [0.05, 0.1) is 12.1 Å². The third kappa shape index (κ3) is 2.58. The van der Waals surface area contributed by atoms with Gasteiger partial charge in [-0.2, -0.15) is 0 Å². The van der Waals surface area contributed by atoms with Gasteiger partial charge in [0.1, 0.15) is 5.75 Å². The molecule has 0 saturated heterocycles. The van der Waals surface area contributed by atoms with Crippen molar-refractivity contribution in [1.82, 2.24) is 4.98 Å². The number of fused-ring (bicyclic) bond motifs is 1. The van der Waals surface area contributed by atoms with E-state index >= 15 is 0 Å². The second-order valence-electron chi connectivity index (χ2n) is 4.60. The first-order valence-electron chi connectivity index (χ1n) is 6.42. The Bertz CT molecular complexity index is 805. The zero-order chi connectivity index (χ0) is 14.8. The summed E-state index contributed by atoms with van der Waals surface area (Å²) in [5.74, 6) is 0.644. The number of anilines is 3. The number of pyridine rings is 1. The van der Waals surface area contributed by atoms with E-state index in [0.717, 1.165) is 27.8 Å². The SMILES string of the molecule is COc1ccc(Nc2ccc(N)c3ccncc23)cc1Cl. The van der Waals surface area contributed by atoms with Gasteiger partial charge < -0.3 is 15.8 Å². The van der Waals surface area contributed by atoms with E-state index in [1.54, 1.807) is 19.5 Å². The van der Waals surface area contributed by atoms with Gasteiger partial charge in [-0.15, -0.1) is 0 Å². The maximum absolute atomic E-state index is 6.14. The molecular weight excluding hydrogens is 286 g/mol. The van der Waals surface area contributed by atoms with Crippen molar-refractivity contribution in [3.8, 4) is 5.75 Å². The summed E-state index contributed by atoms with van der Waals surface area (Å²) in [6.45, 7) is 0. The minimum absolute atomic E-state index is 0.556. The Morgan fingerprint density at radius 2 is 2.00 bits per heavy atom. The van der Waals surface area contributed by atoms with Gasteiger partial charge in [-0.25, -0.2) is 0 Å². The standard InChI is InChI=1S/C16H14ClN3O/c1-21-16-5-2-10(8-13(16)17)20-15-4-3-14(18)11-6-7-19-9-12(11)15/h2-9,20H,18H2,1H3. The monoisotopic (exact) mass is 299 g/mol. The Balaban J connectivity index is 2.02. The highest BCUT2D eigenvalue weighted by Crippen LogP contribution is 2.32. The number of rotatable bonds is 3. The number of nitrogens with zero attached hydrogens (tertiary/aromatic N) is 1. The van der Waals surface area contributed by atoms with Crippen LogP contribution in [0.1, 0.15) is 0 Å². The zero-order valence-corrected chi connectivity index (χ0v) is 12.2. The van der Waals surface area contributed by atoms with Crippen LogP contribution in [0, 0.1) is 0 Å². The van der Waals surface area contributed by atoms with Crippen LogP contribution in [-0.4, -0.2) is 12.1 Å². The molecule has 0 saturated carbocycles. The molecule has 0 fully saturated rings. The van der Waals surface area contributed by atoms with Gasteiger partial charge in [-0.05, 0) is 36.4 Å². The van der Waals surface area contributed by atoms with Crippen molar-refractivity contribution < 1.29 is 4.74 Å². The molecule has 0 bridgehead atoms. The van der Waals surface area contributed by atoms with E-state index in [2.05, 4.69) is 10.3 Å². The van der Waals surface area contributed by atoms with Crippen LogP contribution in [-0.2, 0) is 0 Å². The van der Waals surface area contributed by atoms with Gasteiger partial charge in [-0.1, -0.05) is 11.6 Å². The molecule has 3 aromatic rings. The van der Waals surface area contributed by atoms with Crippen molar-refractivity contribution in [3.63, 3.8) is 0 Å². The van der Waals surface area contributed by atoms with Crippen LogP contribution in [0.2, 0.25) is 5.02 Å². The van der Waals surface area contributed by atoms with Crippen LogP contribution in [0.15, 0.2) is 48.8 Å². The number of nitrogens with one attached hydrogen (secondary N) is 1. The average molecular weight is 300 g/mol. The molecule has 0 atom stereocenters. The largest absolute Gasteiger partial charge is 0.495 e. The Hall–Kier alpha value is -2.46. The number of hydrogen-bond donors (Lipinski definition) is 2. The maximum Gasteiger partial charge on any atom is 0.137 e. The fourth-order valence-corrected chi connectivity index (χ4v) is 2.48. The van der Waals surface area contributed by atoms with Gasteiger partial charge in [0.25, 0.3) is 0 Å². The highest BCUT2D eigenvalue weighted by molar-refractivity contribution is 6.32. The lowest BCUT2D eigenvalue weighted by molar-refractivity contribution is 0.415. The van der Waals surface area contributed by atoms with Gasteiger partial charge in [0, 0.05) is 40.2 Å². The Labute approximate surface area is 127 Å². The van der Waals surface area contributed by atoms with Crippen LogP contribution in [0.25, 0.3) is 10.8 Å². The number of ether oxygens (including phenoxy) is 1. The van der Waals surface area contributed by atoms with E-state index in [0.29, 0.717) is 10.8 Å². The fourth-order valence-electron chi connectivity index (χ4n) is 2.22. The van der Waals surface area contributed by atoms with E-state index in [-0.39, 0.29) is 0 Å². The van der Waals surface area contributed by atoms with Crippen LogP contribution in [0.3, 0.4) is 0 Å². The normalized spacial score (nSPS) is 10.6. The van der Waals surface area contributed by atoms with E-state index in [9.17, 15) is 0 Å². The summed E-state index contributed by atoms with van der Waals surface area (Å²) in [5, 5.41) is 5.82. The summed E-state index contributed by atoms with van der Waals surface area (Å²) in [7, 11) is 1.59. The predicted molar refractivity (Wildman–Crippen MR) is 87.4 cm³/mol. The maximum atomic E-state index is 6.14. The zero-order valence-electron chi connectivity index (χ0n) is 11.4. The molecule has 2 aromatic carbocycles. The van der Waals surface area contributed by atoms with E-state index in [1.165, 1.54) is 0 Å². The molecule has 0 unspecified atom stereocenters. The molecule has 4 nitrogen and oxygen atoms in total. The molecule has 3 N–H and O–H groups in total. The molecule has 5 heteroatoms. The highest BCUT2D eigenvalue weighted by Gasteiger charge is 2.06. The molecule has 0 aliphatic carbocycles. The molecule has 0 radical (unpaired) electrons. The lowest BCUT2D eigenvalue weighted by atomic mass is 10.1. The lowest BCUT2D eigenvalue weighted by Crippen LogP contribution is -1.95. The van der Waals surface area contributed by atoms with Crippen molar-refractivity contribution in [3.05, 3.63) is 53.8 Å². The number of methoxy groups -OCH3 is 1. The molecule has 0 spiro atoms. The number of halogens is 1. The summed E-state index contributed by atoms with van der Waals surface area (Å²) in [6, 6.07) is 11.2. The van der Waals surface area contributed by atoms with Crippen molar-refractivity contribution in [2.45, 2.75) is 0 Å². The molecule has 1 heterocycles. The molecular formula is C16H14ClN3O. The van der Waals surface area contributed by atoms with Crippen LogP contribution >= 0.6 is 11.6 Å². The Kier molecular flexibility index (Phi) is 3.54. The first kappa shape index (κ1) is 13.5. The van der Waals surface area contributed by atoms with Crippen molar-refractivity contribution >= 4 is 39.4 Å². The number of hydrogen-bond acceptors (Lipinski definition) is 4. The van der Waals surface area contributed by atoms with Crippen LogP contribution in [0.4, 0.5) is 17.1 Å². The molecule has 1 aromatic heterocycles. The molecule has 3 rings (SSSR count). The second-order valence-corrected chi connectivity index (χ2v) is 5.01. The molecule has 0 aliphatic rings. The molecule has 0 aliphatic heterocycles. The first-order chi connectivity index (χ1) is 10.2. The van der Waals surface area contributed by atoms with Crippen LogP contribution in [0.5, 0.6) is 5.75 Å². The number of nitrogen functional groups attached to an aromatic ring is 1. The Morgan fingerprint density at radius 3 is 2.76 bits per heavy atom. The predicted octanol–water partition coefficient (Wildman–Crippen LogP) is 4.22. The van der Waals surface area contributed by atoms with E-state index in [1.807, 2.05) is 36.4 Å². The minimum Gasteiger partial charge on any atom is -0.495 e. The first-order valence-corrected chi connectivity index (χ1v) is 6.79. The van der Waals surface area contributed by atoms with Crippen LogP contribution < -0.4 is 15.8 Å². The smallest absolute Gasteiger partial charge is 0.137 e. The fraction of sp³-hybridized carbons (Fsp3) is 0.0625. The summed E-state index contributed by atoms with van der Waals surface area (Å²) in [4.78, 5) is 4.16. The van der Waals surface area contributed by atoms with Gasteiger partial charge in [-0.3, -0.25) is 4.98 Å². The lowest BCUT2D eigenvalue weighted by Gasteiger charge is -2.12. The van der Waals surface area contributed by atoms with E-state index < -0.39 is 0 Å². The van der Waals surface area contributed by atoms with Gasteiger partial charge in [0.15, 0.2) is 0 Å². The quantitative estimate of drug-likeness (QED) is 0.711.